The van der Waals surface area contributed by atoms with Crippen LogP contribution in [0, 0.1) is 6.92 Å². The number of ether oxygens (including phenoxy) is 1. The summed E-state index contributed by atoms with van der Waals surface area (Å²) in [5.74, 6) is 0.923. The Hall–Kier alpha value is -2.52. The SMILES string of the molecule is Cc1ncc(S(C)(=O)=O)c(N2C[C@@H]3OCCC(=O)N(Cc4ccccc4)[C@H]3C2)n1. The molecule has 2 aromatic rings. The molecule has 0 spiro atoms. The first kappa shape index (κ1) is 19.8. The van der Waals surface area contributed by atoms with E-state index in [1.165, 1.54) is 6.20 Å². The summed E-state index contributed by atoms with van der Waals surface area (Å²) in [7, 11) is -3.49. The lowest BCUT2D eigenvalue weighted by atomic mass is 10.1. The van der Waals surface area contributed by atoms with Crippen LogP contribution in [0.2, 0.25) is 0 Å². The van der Waals surface area contributed by atoms with Crippen LogP contribution >= 0.6 is 0 Å². The van der Waals surface area contributed by atoms with Crippen LogP contribution in [0.4, 0.5) is 5.82 Å². The maximum Gasteiger partial charge on any atom is 0.225 e. The number of aryl methyl sites for hydroxylation is 1. The van der Waals surface area contributed by atoms with Gasteiger partial charge in [0, 0.05) is 25.9 Å². The number of benzene rings is 1. The van der Waals surface area contributed by atoms with Gasteiger partial charge in [0.1, 0.15) is 10.7 Å². The summed E-state index contributed by atoms with van der Waals surface area (Å²) in [5.41, 5.74) is 1.05. The van der Waals surface area contributed by atoms with E-state index >= 15 is 0 Å². The fourth-order valence-electron chi connectivity index (χ4n) is 3.94. The predicted octanol–water partition coefficient (Wildman–Crippen LogP) is 1.19. The summed E-state index contributed by atoms with van der Waals surface area (Å²) in [6.45, 7) is 3.52. The Kier molecular flexibility index (Phi) is 5.26. The minimum Gasteiger partial charge on any atom is -0.374 e. The molecule has 2 aliphatic heterocycles. The lowest BCUT2D eigenvalue weighted by molar-refractivity contribution is -0.133. The second kappa shape index (κ2) is 7.72. The van der Waals surface area contributed by atoms with Gasteiger partial charge < -0.3 is 14.5 Å². The van der Waals surface area contributed by atoms with Crippen LogP contribution in [-0.2, 0) is 25.9 Å². The number of carbonyl (C=O) groups is 1. The Morgan fingerprint density at radius 2 is 1.97 bits per heavy atom. The first-order valence-corrected chi connectivity index (χ1v) is 11.5. The molecule has 154 valence electrons. The Balaban J connectivity index is 1.66. The molecule has 9 heteroatoms. The zero-order valence-corrected chi connectivity index (χ0v) is 17.3. The number of amides is 1. The Bertz CT molecular complexity index is 1010. The van der Waals surface area contributed by atoms with Crippen molar-refractivity contribution >= 4 is 21.6 Å². The molecule has 2 atom stereocenters. The fourth-order valence-corrected chi connectivity index (χ4v) is 4.69. The molecule has 2 aliphatic rings. The molecule has 29 heavy (non-hydrogen) atoms. The van der Waals surface area contributed by atoms with Crippen molar-refractivity contribution in [3.8, 4) is 0 Å². The van der Waals surface area contributed by atoms with Crippen molar-refractivity contribution in [2.24, 2.45) is 0 Å². The van der Waals surface area contributed by atoms with Gasteiger partial charge in [0.25, 0.3) is 0 Å². The zero-order chi connectivity index (χ0) is 20.6. The van der Waals surface area contributed by atoms with Gasteiger partial charge in [0.2, 0.25) is 5.91 Å². The van der Waals surface area contributed by atoms with Crippen LogP contribution in [-0.4, -0.2) is 67.3 Å². The number of hydrogen-bond acceptors (Lipinski definition) is 7. The molecule has 3 heterocycles. The summed E-state index contributed by atoms with van der Waals surface area (Å²) >= 11 is 0. The molecular formula is C20H24N4O4S. The normalized spacial score (nSPS) is 22.5. The van der Waals surface area contributed by atoms with Gasteiger partial charge in [-0.2, -0.15) is 0 Å². The second-order valence-electron chi connectivity index (χ2n) is 7.52. The third kappa shape index (κ3) is 4.11. The van der Waals surface area contributed by atoms with Crippen molar-refractivity contribution in [3.05, 3.63) is 47.9 Å². The van der Waals surface area contributed by atoms with Gasteiger partial charge in [0.15, 0.2) is 15.7 Å². The smallest absolute Gasteiger partial charge is 0.225 e. The lowest BCUT2D eigenvalue weighted by Crippen LogP contribution is -2.45. The first-order chi connectivity index (χ1) is 13.8. The van der Waals surface area contributed by atoms with Gasteiger partial charge in [-0.25, -0.2) is 18.4 Å². The minimum atomic E-state index is -3.49. The zero-order valence-electron chi connectivity index (χ0n) is 16.5. The van der Waals surface area contributed by atoms with Crippen molar-refractivity contribution < 1.29 is 17.9 Å². The van der Waals surface area contributed by atoms with E-state index in [1.54, 1.807) is 6.92 Å². The third-order valence-corrected chi connectivity index (χ3v) is 6.44. The molecule has 0 N–H and O–H groups in total. The number of carbonyl (C=O) groups excluding carboxylic acids is 1. The molecule has 1 amide bonds. The van der Waals surface area contributed by atoms with E-state index in [-0.39, 0.29) is 22.9 Å². The van der Waals surface area contributed by atoms with Gasteiger partial charge in [-0.1, -0.05) is 30.3 Å². The molecule has 0 aliphatic carbocycles. The van der Waals surface area contributed by atoms with E-state index in [9.17, 15) is 13.2 Å². The van der Waals surface area contributed by atoms with E-state index in [1.807, 2.05) is 40.1 Å². The van der Waals surface area contributed by atoms with Crippen LogP contribution in [0.25, 0.3) is 0 Å². The van der Waals surface area contributed by atoms with Crippen LogP contribution in [0.1, 0.15) is 17.8 Å². The van der Waals surface area contributed by atoms with Crippen molar-refractivity contribution in [1.29, 1.82) is 0 Å². The van der Waals surface area contributed by atoms with Crippen LogP contribution in [0.15, 0.2) is 41.4 Å². The van der Waals surface area contributed by atoms with E-state index in [2.05, 4.69) is 9.97 Å². The number of fused-ring (bicyclic) bond motifs is 1. The molecule has 1 aromatic heterocycles. The Labute approximate surface area is 170 Å². The number of rotatable bonds is 4. The number of anilines is 1. The number of aromatic nitrogens is 2. The highest BCUT2D eigenvalue weighted by Gasteiger charge is 2.42. The topological polar surface area (TPSA) is 92.7 Å². The molecule has 0 unspecified atom stereocenters. The molecule has 2 saturated heterocycles. The highest BCUT2D eigenvalue weighted by atomic mass is 32.2. The summed E-state index contributed by atoms with van der Waals surface area (Å²) in [4.78, 5) is 25.1. The summed E-state index contributed by atoms with van der Waals surface area (Å²) in [5, 5.41) is 0. The molecule has 2 fully saturated rings. The van der Waals surface area contributed by atoms with Gasteiger partial charge >= 0.3 is 0 Å². The van der Waals surface area contributed by atoms with Crippen LogP contribution in [0.5, 0.6) is 0 Å². The van der Waals surface area contributed by atoms with Crippen LogP contribution in [0.3, 0.4) is 0 Å². The highest BCUT2D eigenvalue weighted by Crippen LogP contribution is 2.31. The predicted molar refractivity (Wildman–Crippen MR) is 107 cm³/mol. The average molecular weight is 417 g/mol. The quantitative estimate of drug-likeness (QED) is 0.739. The maximum absolute atomic E-state index is 12.8. The molecule has 4 rings (SSSR count). The molecule has 0 saturated carbocycles. The van der Waals surface area contributed by atoms with Gasteiger partial charge in [0.05, 0.1) is 31.4 Å². The number of nitrogens with zero attached hydrogens (tertiary/aromatic N) is 4. The van der Waals surface area contributed by atoms with E-state index < -0.39 is 9.84 Å². The second-order valence-corrected chi connectivity index (χ2v) is 9.50. The van der Waals surface area contributed by atoms with Gasteiger partial charge in [-0.15, -0.1) is 0 Å². The van der Waals surface area contributed by atoms with E-state index in [0.717, 1.165) is 11.8 Å². The van der Waals surface area contributed by atoms with Crippen molar-refractivity contribution in [3.63, 3.8) is 0 Å². The third-order valence-electron chi connectivity index (χ3n) is 5.36. The van der Waals surface area contributed by atoms with Gasteiger partial charge in [-0.3, -0.25) is 4.79 Å². The fraction of sp³-hybridized carbons (Fsp3) is 0.450. The summed E-state index contributed by atoms with van der Waals surface area (Å²) in [6, 6.07) is 9.67. The molecule has 1 aromatic carbocycles. The van der Waals surface area contributed by atoms with Crippen molar-refractivity contribution in [2.75, 3.05) is 30.9 Å². The number of sulfone groups is 1. The average Bonchev–Trinajstić information content (AvgIpc) is 3.03. The molecular weight excluding hydrogens is 392 g/mol. The Morgan fingerprint density at radius 1 is 1.21 bits per heavy atom. The first-order valence-electron chi connectivity index (χ1n) is 9.56. The number of hydrogen-bond donors (Lipinski definition) is 0. The Morgan fingerprint density at radius 3 is 2.69 bits per heavy atom. The molecule has 0 bridgehead atoms. The van der Waals surface area contributed by atoms with Crippen molar-refractivity contribution in [1.82, 2.24) is 14.9 Å². The standard InChI is InChI=1S/C20H24N4O4S/c1-14-21-10-18(29(2,26)27)20(22-14)23-12-16-17(13-23)28-9-8-19(25)24(16)11-15-6-4-3-5-7-15/h3-7,10,16-17H,8-9,11-13H2,1-2H3/t16-,17-/m0/s1. The lowest BCUT2D eigenvalue weighted by Gasteiger charge is -2.30. The minimum absolute atomic E-state index is 0.0467. The molecule has 0 radical (unpaired) electrons. The van der Waals surface area contributed by atoms with Gasteiger partial charge in [-0.05, 0) is 12.5 Å². The van der Waals surface area contributed by atoms with E-state index in [4.69, 9.17) is 4.74 Å². The van der Waals surface area contributed by atoms with Crippen molar-refractivity contribution in [2.45, 2.75) is 36.9 Å². The molecule has 8 nitrogen and oxygen atoms in total. The summed E-state index contributed by atoms with van der Waals surface area (Å²) in [6.07, 6.45) is 2.66. The monoisotopic (exact) mass is 416 g/mol. The van der Waals surface area contributed by atoms with Crippen LogP contribution < -0.4 is 4.90 Å². The maximum atomic E-state index is 12.8. The summed E-state index contributed by atoms with van der Waals surface area (Å²) < 4.78 is 30.5. The van der Waals surface area contributed by atoms with E-state index in [0.29, 0.717) is 44.3 Å². The highest BCUT2D eigenvalue weighted by molar-refractivity contribution is 7.90. The largest absolute Gasteiger partial charge is 0.374 e.